The summed E-state index contributed by atoms with van der Waals surface area (Å²) < 4.78 is 13.9. The SMILES string of the molecule is C[C@@H](C(=O)O)[C@@H](CS)N(C)C[C@@H]1CSC(c2c(O)cccc2F)=N1. The third-order valence-electron chi connectivity index (χ3n) is 4.14. The quantitative estimate of drug-likeness (QED) is 0.641. The van der Waals surface area contributed by atoms with Crippen molar-refractivity contribution in [1.29, 1.82) is 0 Å². The molecule has 0 bridgehead atoms. The van der Waals surface area contributed by atoms with Crippen LogP contribution in [0.4, 0.5) is 4.39 Å². The number of carbonyl (C=O) groups is 1. The summed E-state index contributed by atoms with van der Waals surface area (Å²) >= 11 is 5.65. The highest BCUT2D eigenvalue weighted by Crippen LogP contribution is 2.31. The molecule has 0 aromatic heterocycles. The maximum absolute atomic E-state index is 13.9. The van der Waals surface area contributed by atoms with Gasteiger partial charge in [0.25, 0.3) is 0 Å². The van der Waals surface area contributed by atoms with Crippen LogP contribution in [0.15, 0.2) is 23.2 Å². The summed E-state index contributed by atoms with van der Waals surface area (Å²) in [7, 11) is 1.85. The molecule has 1 aliphatic heterocycles. The molecular formula is C16H21FN2O3S2. The summed E-state index contributed by atoms with van der Waals surface area (Å²) in [5.41, 5.74) is 0.136. The fraction of sp³-hybridized carbons (Fsp3) is 0.500. The highest BCUT2D eigenvalue weighted by atomic mass is 32.2. The van der Waals surface area contributed by atoms with Gasteiger partial charge < -0.3 is 10.2 Å². The van der Waals surface area contributed by atoms with Gasteiger partial charge in [0, 0.05) is 24.1 Å². The van der Waals surface area contributed by atoms with Crippen LogP contribution in [0.25, 0.3) is 0 Å². The minimum Gasteiger partial charge on any atom is -0.507 e. The van der Waals surface area contributed by atoms with Gasteiger partial charge in [0.1, 0.15) is 16.6 Å². The van der Waals surface area contributed by atoms with E-state index in [2.05, 4.69) is 17.6 Å². The second kappa shape index (κ2) is 8.22. The molecule has 0 saturated heterocycles. The Balaban J connectivity index is 2.10. The van der Waals surface area contributed by atoms with Gasteiger partial charge in [-0.05, 0) is 19.2 Å². The number of phenols is 1. The van der Waals surface area contributed by atoms with E-state index in [9.17, 15) is 19.4 Å². The van der Waals surface area contributed by atoms with Gasteiger partial charge in [-0.25, -0.2) is 4.39 Å². The van der Waals surface area contributed by atoms with Gasteiger partial charge in [-0.1, -0.05) is 13.0 Å². The molecule has 0 saturated carbocycles. The second-order valence-corrected chi connectivity index (χ2v) is 7.22. The number of benzene rings is 1. The lowest BCUT2D eigenvalue weighted by Crippen LogP contribution is -2.44. The summed E-state index contributed by atoms with van der Waals surface area (Å²) in [5, 5.41) is 19.5. The third-order valence-corrected chi connectivity index (χ3v) is 5.64. The van der Waals surface area contributed by atoms with E-state index >= 15 is 0 Å². The molecule has 0 amide bonds. The van der Waals surface area contributed by atoms with Crippen molar-refractivity contribution in [2.45, 2.75) is 19.0 Å². The fourth-order valence-corrected chi connectivity index (χ4v) is 4.38. The Kier molecular flexibility index (Phi) is 6.54. The number of carboxylic acids is 1. The van der Waals surface area contributed by atoms with Crippen molar-refractivity contribution in [2.75, 3.05) is 25.1 Å². The molecule has 2 N–H and O–H groups in total. The Morgan fingerprint density at radius 3 is 2.88 bits per heavy atom. The molecule has 2 rings (SSSR count). The van der Waals surface area contributed by atoms with Crippen molar-refractivity contribution >= 4 is 35.4 Å². The number of likely N-dealkylation sites (N-methyl/N-ethyl adjacent to an activating group) is 1. The topological polar surface area (TPSA) is 73.1 Å². The largest absolute Gasteiger partial charge is 0.507 e. The van der Waals surface area contributed by atoms with Crippen LogP contribution in [0.5, 0.6) is 5.75 Å². The molecule has 0 fully saturated rings. The predicted molar refractivity (Wildman–Crippen MR) is 97.9 cm³/mol. The minimum absolute atomic E-state index is 0.0858. The maximum Gasteiger partial charge on any atom is 0.307 e. The monoisotopic (exact) mass is 372 g/mol. The lowest BCUT2D eigenvalue weighted by Gasteiger charge is -2.30. The van der Waals surface area contributed by atoms with Crippen molar-refractivity contribution in [2.24, 2.45) is 10.9 Å². The van der Waals surface area contributed by atoms with E-state index in [-0.39, 0.29) is 23.4 Å². The zero-order valence-corrected chi connectivity index (χ0v) is 15.2. The van der Waals surface area contributed by atoms with E-state index in [0.717, 1.165) is 0 Å². The van der Waals surface area contributed by atoms with Crippen LogP contribution in [0.1, 0.15) is 12.5 Å². The zero-order valence-electron chi connectivity index (χ0n) is 13.5. The number of hydrogen-bond acceptors (Lipinski definition) is 6. The van der Waals surface area contributed by atoms with Gasteiger partial charge in [0.15, 0.2) is 0 Å². The maximum atomic E-state index is 13.9. The van der Waals surface area contributed by atoms with E-state index in [1.165, 1.54) is 30.0 Å². The first kappa shape index (κ1) is 19.1. The van der Waals surface area contributed by atoms with Gasteiger partial charge >= 0.3 is 5.97 Å². The van der Waals surface area contributed by atoms with E-state index in [1.807, 2.05) is 11.9 Å². The Labute approximate surface area is 150 Å². The average Bonchev–Trinajstić information content (AvgIpc) is 2.95. The van der Waals surface area contributed by atoms with E-state index < -0.39 is 17.7 Å². The molecule has 3 atom stereocenters. The molecule has 1 aromatic rings. The van der Waals surface area contributed by atoms with Crippen LogP contribution >= 0.6 is 24.4 Å². The van der Waals surface area contributed by atoms with E-state index in [0.29, 0.717) is 23.1 Å². The molecule has 1 aliphatic rings. The van der Waals surface area contributed by atoms with Gasteiger partial charge in [-0.15, -0.1) is 11.8 Å². The smallest absolute Gasteiger partial charge is 0.307 e. The van der Waals surface area contributed by atoms with Crippen LogP contribution in [0.3, 0.4) is 0 Å². The van der Waals surface area contributed by atoms with E-state index in [4.69, 9.17) is 0 Å². The van der Waals surface area contributed by atoms with Crippen molar-refractivity contribution in [3.05, 3.63) is 29.6 Å². The van der Waals surface area contributed by atoms with Crippen molar-refractivity contribution in [3.8, 4) is 5.75 Å². The molecule has 0 radical (unpaired) electrons. The summed E-state index contributed by atoms with van der Waals surface area (Å²) in [6.07, 6.45) is 0. The molecular weight excluding hydrogens is 351 g/mol. The number of nitrogens with zero attached hydrogens (tertiary/aromatic N) is 2. The van der Waals surface area contributed by atoms with Crippen LogP contribution in [0.2, 0.25) is 0 Å². The first-order valence-corrected chi connectivity index (χ1v) is 9.19. The number of aliphatic carboxylic acids is 1. The second-order valence-electron chi connectivity index (χ2n) is 5.85. The minimum atomic E-state index is -0.859. The van der Waals surface area contributed by atoms with Crippen LogP contribution < -0.4 is 0 Å². The number of thioether (sulfide) groups is 1. The average molecular weight is 372 g/mol. The normalized spacial score (nSPS) is 20.0. The van der Waals surface area contributed by atoms with Crippen molar-refractivity contribution in [1.82, 2.24) is 4.90 Å². The standard InChI is InChI=1S/C16H21FN2O3S2/c1-9(16(21)22)12(7-23)19(2)6-10-8-24-15(18-10)14-11(17)4-3-5-13(14)20/h3-5,9-10,12,20,23H,6-8H2,1-2H3,(H,21,22)/t9-,10-,12-/m1/s1. The van der Waals surface area contributed by atoms with E-state index in [1.54, 1.807) is 6.92 Å². The lowest BCUT2D eigenvalue weighted by atomic mass is 10.0. The van der Waals surface area contributed by atoms with Gasteiger partial charge in [-0.2, -0.15) is 12.6 Å². The number of halogens is 1. The molecule has 8 heteroatoms. The Morgan fingerprint density at radius 2 is 2.29 bits per heavy atom. The highest BCUT2D eigenvalue weighted by Gasteiger charge is 2.30. The Hall–Kier alpha value is -1.25. The fourth-order valence-electron chi connectivity index (χ4n) is 2.68. The van der Waals surface area contributed by atoms with Gasteiger partial charge in [0.05, 0.1) is 17.5 Å². The molecule has 1 heterocycles. The molecule has 1 aromatic carbocycles. The first-order valence-electron chi connectivity index (χ1n) is 7.57. The molecule has 132 valence electrons. The highest BCUT2D eigenvalue weighted by molar-refractivity contribution is 8.14. The van der Waals surface area contributed by atoms with Crippen LogP contribution in [-0.4, -0.2) is 63.3 Å². The van der Waals surface area contributed by atoms with Crippen LogP contribution in [0, 0.1) is 11.7 Å². The first-order chi connectivity index (χ1) is 11.3. The molecule has 5 nitrogen and oxygen atoms in total. The number of rotatable bonds is 7. The molecule has 0 unspecified atom stereocenters. The number of carboxylic acid groups (broad SMARTS) is 1. The van der Waals surface area contributed by atoms with Crippen molar-refractivity contribution in [3.63, 3.8) is 0 Å². The molecule has 24 heavy (non-hydrogen) atoms. The molecule has 0 spiro atoms. The van der Waals surface area contributed by atoms with Gasteiger partial charge in [-0.3, -0.25) is 14.7 Å². The summed E-state index contributed by atoms with van der Waals surface area (Å²) in [6, 6.07) is 3.88. The van der Waals surface area contributed by atoms with Crippen molar-refractivity contribution < 1.29 is 19.4 Å². The Bertz CT molecular complexity index is 621. The number of aromatic hydroxyl groups is 1. The Morgan fingerprint density at radius 1 is 1.58 bits per heavy atom. The number of thiol groups is 1. The summed E-state index contributed by atoms with van der Waals surface area (Å²) in [4.78, 5) is 17.6. The summed E-state index contributed by atoms with van der Waals surface area (Å²) in [6.45, 7) is 2.21. The number of phenolic OH excluding ortho intramolecular Hbond substituents is 1. The number of hydrogen-bond donors (Lipinski definition) is 3. The summed E-state index contributed by atoms with van der Waals surface area (Å²) in [5.74, 6) is -0.934. The predicted octanol–water partition coefficient (Wildman–Crippen LogP) is 2.34. The van der Waals surface area contributed by atoms with Gasteiger partial charge in [0.2, 0.25) is 0 Å². The third kappa shape index (κ3) is 4.23. The lowest BCUT2D eigenvalue weighted by molar-refractivity contribution is -0.143. The van der Waals surface area contributed by atoms with Crippen LogP contribution in [-0.2, 0) is 4.79 Å². The molecule has 0 aliphatic carbocycles. The number of aliphatic imine (C=N–C) groups is 1. The zero-order chi connectivity index (χ0) is 17.9.